The van der Waals surface area contributed by atoms with Crippen molar-refractivity contribution in [3.63, 3.8) is 0 Å². The van der Waals surface area contributed by atoms with E-state index in [-0.39, 0.29) is 12.1 Å². The first-order valence-electron chi connectivity index (χ1n) is 11.0. The Labute approximate surface area is 199 Å². The molecule has 4 rings (SSSR count). The van der Waals surface area contributed by atoms with E-state index in [0.29, 0.717) is 10.7 Å². The van der Waals surface area contributed by atoms with Crippen molar-refractivity contribution in [1.82, 2.24) is 9.88 Å². The molecule has 1 aromatic heterocycles. The highest BCUT2D eigenvalue weighted by Crippen LogP contribution is 2.27. The number of aromatic nitrogens is 1. The van der Waals surface area contributed by atoms with Crippen LogP contribution in [0.1, 0.15) is 23.7 Å². The highest BCUT2D eigenvalue weighted by atomic mass is 32.1. The van der Waals surface area contributed by atoms with E-state index in [0.717, 1.165) is 48.9 Å². The minimum Gasteiger partial charge on any atom is -0.487 e. The number of esters is 1. The lowest BCUT2D eigenvalue weighted by Crippen LogP contribution is -2.53. The minimum absolute atomic E-state index is 0.127. The van der Waals surface area contributed by atoms with Gasteiger partial charge in [-0.3, -0.25) is 0 Å². The zero-order chi connectivity index (χ0) is 23.2. The fraction of sp³-hybridized carbons (Fsp3) is 0.280. The third kappa shape index (κ3) is 5.46. The summed E-state index contributed by atoms with van der Waals surface area (Å²) in [5, 5.41) is 6.94. The SMILES string of the molecule is CCCNC(=S)Nc1ccc(OC2CN(c3ccn(-c4ccccc4C(=O)OC)c3)C2)cc1. The molecule has 0 radical (unpaired) electrons. The Bertz CT molecular complexity index is 1110. The Morgan fingerprint density at radius 1 is 1.12 bits per heavy atom. The molecule has 2 aromatic carbocycles. The van der Waals surface area contributed by atoms with Crippen molar-refractivity contribution in [3.8, 4) is 11.4 Å². The number of hydrogen-bond acceptors (Lipinski definition) is 5. The van der Waals surface area contributed by atoms with Gasteiger partial charge in [0.2, 0.25) is 0 Å². The number of para-hydroxylation sites is 1. The van der Waals surface area contributed by atoms with Crippen LogP contribution >= 0.6 is 12.2 Å². The lowest BCUT2D eigenvalue weighted by Gasteiger charge is -2.40. The first-order chi connectivity index (χ1) is 16.1. The molecule has 0 amide bonds. The van der Waals surface area contributed by atoms with Crippen LogP contribution in [0.3, 0.4) is 0 Å². The molecule has 0 aliphatic carbocycles. The van der Waals surface area contributed by atoms with Gasteiger partial charge in [0, 0.05) is 24.6 Å². The van der Waals surface area contributed by atoms with Crippen LogP contribution < -0.4 is 20.3 Å². The van der Waals surface area contributed by atoms with Crippen molar-refractivity contribution in [2.75, 3.05) is 37.0 Å². The molecule has 8 heteroatoms. The summed E-state index contributed by atoms with van der Waals surface area (Å²) in [5.41, 5.74) is 3.34. The lowest BCUT2D eigenvalue weighted by atomic mass is 10.1. The van der Waals surface area contributed by atoms with Gasteiger partial charge >= 0.3 is 5.97 Å². The summed E-state index contributed by atoms with van der Waals surface area (Å²) in [6.45, 7) is 4.55. The molecule has 2 heterocycles. The molecule has 3 aromatic rings. The molecule has 172 valence electrons. The van der Waals surface area contributed by atoms with Crippen molar-refractivity contribution in [2.45, 2.75) is 19.4 Å². The third-order valence-electron chi connectivity index (χ3n) is 5.43. The number of thiocarbonyl (C=S) groups is 1. The predicted octanol–water partition coefficient (Wildman–Crippen LogP) is 4.23. The van der Waals surface area contributed by atoms with Crippen LogP contribution in [-0.4, -0.2) is 48.5 Å². The topological polar surface area (TPSA) is 67.8 Å². The van der Waals surface area contributed by atoms with Crippen LogP contribution in [0.5, 0.6) is 5.75 Å². The number of nitrogens with zero attached hydrogens (tertiary/aromatic N) is 2. The molecule has 0 unspecified atom stereocenters. The van der Waals surface area contributed by atoms with E-state index >= 15 is 0 Å². The first kappa shape index (κ1) is 22.7. The van der Waals surface area contributed by atoms with Crippen molar-refractivity contribution >= 4 is 34.7 Å². The standard InChI is InChI=1S/C25H28N4O3S/c1-3-13-26-25(33)27-18-8-10-20(11-9-18)32-21-16-29(17-21)19-12-14-28(15-19)23-7-5-4-6-22(23)24(30)31-2/h4-12,14-15,21H,3,13,16-17H2,1-2H3,(H2,26,27,33). The van der Waals surface area contributed by atoms with Crippen LogP contribution in [0.2, 0.25) is 0 Å². The molecule has 2 N–H and O–H groups in total. The average molecular weight is 465 g/mol. The Morgan fingerprint density at radius 2 is 1.88 bits per heavy atom. The van der Waals surface area contributed by atoms with Crippen LogP contribution in [0, 0.1) is 0 Å². The Kier molecular flexibility index (Phi) is 7.14. The van der Waals surface area contributed by atoms with Gasteiger partial charge in [0.05, 0.1) is 37.1 Å². The predicted molar refractivity (Wildman–Crippen MR) is 135 cm³/mol. The second-order valence-corrected chi connectivity index (χ2v) is 8.24. The van der Waals surface area contributed by atoms with Gasteiger partial charge in [-0.25, -0.2) is 4.79 Å². The Balaban J connectivity index is 1.31. The highest BCUT2D eigenvalue weighted by Gasteiger charge is 2.29. The molecule has 1 fully saturated rings. The Morgan fingerprint density at radius 3 is 2.61 bits per heavy atom. The monoisotopic (exact) mass is 464 g/mol. The summed E-state index contributed by atoms with van der Waals surface area (Å²) >= 11 is 5.27. The second kappa shape index (κ2) is 10.4. The first-order valence-corrected chi connectivity index (χ1v) is 11.4. The summed E-state index contributed by atoms with van der Waals surface area (Å²) < 4.78 is 12.9. The van der Waals surface area contributed by atoms with E-state index < -0.39 is 0 Å². The number of carbonyl (C=O) groups excluding carboxylic acids is 1. The van der Waals surface area contributed by atoms with Gasteiger partial charge in [0.15, 0.2) is 5.11 Å². The van der Waals surface area contributed by atoms with Gasteiger partial charge in [-0.2, -0.15) is 0 Å². The zero-order valence-electron chi connectivity index (χ0n) is 18.8. The highest BCUT2D eigenvalue weighted by molar-refractivity contribution is 7.80. The van der Waals surface area contributed by atoms with E-state index in [4.69, 9.17) is 21.7 Å². The maximum absolute atomic E-state index is 12.1. The molecule has 0 bridgehead atoms. The van der Waals surface area contributed by atoms with Crippen molar-refractivity contribution in [2.24, 2.45) is 0 Å². The van der Waals surface area contributed by atoms with Crippen molar-refractivity contribution in [3.05, 3.63) is 72.6 Å². The largest absolute Gasteiger partial charge is 0.487 e. The van der Waals surface area contributed by atoms with E-state index in [2.05, 4.69) is 22.5 Å². The molecule has 1 saturated heterocycles. The number of ether oxygens (including phenoxy) is 2. The molecule has 0 atom stereocenters. The molecule has 1 aliphatic rings. The fourth-order valence-electron chi connectivity index (χ4n) is 3.65. The molecular formula is C25H28N4O3S. The third-order valence-corrected chi connectivity index (χ3v) is 5.67. The molecule has 33 heavy (non-hydrogen) atoms. The van der Waals surface area contributed by atoms with Crippen LogP contribution in [0.25, 0.3) is 5.69 Å². The van der Waals surface area contributed by atoms with Gasteiger partial charge in [-0.05, 0) is 61.1 Å². The van der Waals surface area contributed by atoms with E-state index in [1.54, 1.807) is 6.07 Å². The second-order valence-electron chi connectivity index (χ2n) is 7.84. The number of carbonyl (C=O) groups is 1. The number of hydrogen-bond donors (Lipinski definition) is 2. The van der Waals surface area contributed by atoms with Gasteiger partial charge < -0.3 is 29.6 Å². The molecule has 0 saturated carbocycles. The quantitative estimate of drug-likeness (QED) is 0.382. The smallest absolute Gasteiger partial charge is 0.339 e. The van der Waals surface area contributed by atoms with Gasteiger partial charge in [0.1, 0.15) is 11.9 Å². The summed E-state index contributed by atoms with van der Waals surface area (Å²) in [4.78, 5) is 14.3. The van der Waals surface area contributed by atoms with Gasteiger partial charge in [-0.15, -0.1) is 0 Å². The lowest BCUT2D eigenvalue weighted by molar-refractivity contribution is 0.0600. The average Bonchev–Trinajstić information content (AvgIpc) is 3.29. The van der Waals surface area contributed by atoms with Crippen LogP contribution in [0.15, 0.2) is 67.0 Å². The van der Waals surface area contributed by atoms with E-state index in [9.17, 15) is 4.79 Å². The molecule has 1 aliphatic heterocycles. The number of anilines is 2. The summed E-state index contributed by atoms with van der Waals surface area (Å²) in [5.74, 6) is 0.487. The van der Waals surface area contributed by atoms with Crippen LogP contribution in [-0.2, 0) is 4.74 Å². The number of rotatable bonds is 8. The maximum Gasteiger partial charge on any atom is 0.339 e. The van der Waals surface area contributed by atoms with Crippen molar-refractivity contribution < 1.29 is 14.3 Å². The normalized spacial score (nSPS) is 13.2. The van der Waals surface area contributed by atoms with E-state index in [1.165, 1.54) is 7.11 Å². The van der Waals surface area contributed by atoms with Gasteiger partial charge in [-0.1, -0.05) is 19.1 Å². The molecular weight excluding hydrogens is 436 g/mol. The number of nitrogens with one attached hydrogen (secondary N) is 2. The molecule has 0 spiro atoms. The summed E-state index contributed by atoms with van der Waals surface area (Å²) in [7, 11) is 1.39. The zero-order valence-corrected chi connectivity index (χ0v) is 19.6. The van der Waals surface area contributed by atoms with Crippen LogP contribution in [0.4, 0.5) is 11.4 Å². The molecule has 7 nitrogen and oxygen atoms in total. The maximum atomic E-state index is 12.1. The van der Waals surface area contributed by atoms with Gasteiger partial charge in [0.25, 0.3) is 0 Å². The summed E-state index contributed by atoms with van der Waals surface area (Å²) in [6.07, 6.45) is 5.13. The van der Waals surface area contributed by atoms with Crippen molar-refractivity contribution in [1.29, 1.82) is 0 Å². The Hall–Kier alpha value is -3.52. The van der Waals surface area contributed by atoms with E-state index in [1.807, 2.05) is 65.5 Å². The fourth-order valence-corrected chi connectivity index (χ4v) is 3.87. The summed E-state index contributed by atoms with van der Waals surface area (Å²) in [6, 6.07) is 17.3. The minimum atomic E-state index is -0.349. The number of methoxy groups -OCH3 is 1. The number of benzene rings is 2.